The van der Waals surface area contributed by atoms with Crippen molar-refractivity contribution in [3.05, 3.63) is 40.2 Å². The second kappa shape index (κ2) is 8.36. The zero-order chi connectivity index (χ0) is 16.7. The first-order valence-electron chi connectivity index (χ1n) is 7.99. The van der Waals surface area contributed by atoms with Crippen LogP contribution in [-0.4, -0.2) is 19.2 Å². The van der Waals surface area contributed by atoms with Gasteiger partial charge in [0.05, 0.1) is 13.2 Å². The summed E-state index contributed by atoms with van der Waals surface area (Å²) in [6.45, 7) is 4.65. The van der Waals surface area contributed by atoms with E-state index in [-0.39, 0.29) is 11.6 Å². The van der Waals surface area contributed by atoms with Gasteiger partial charge in [0.15, 0.2) is 0 Å². The van der Waals surface area contributed by atoms with E-state index >= 15 is 0 Å². The van der Waals surface area contributed by atoms with E-state index < -0.39 is 0 Å². The molecule has 0 aliphatic carbocycles. The third-order valence-electron chi connectivity index (χ3n) is 3.42. The van der Waals surface area contributed by atoms with Crippen LogP contribution in [0, 0.1) is 0 Å². The minimum Gasteiger partial charge on any atom is -0.493 e. The van der Waals surface area contributed by atoms with E-state index in [1.54, 1.807) is 19.1 Å². The fourth-order valence-electron chi connectivity index (χ4n) is 2.42. The highest BCUT2D eigenvalue weighted by atomic mass is 16.5. The van der Waals surface area contributed by atoms with Crippen molar-refractivity contribution in [3.8, 4) is 5.75 Å². The molecule has 1 heterocycles. The van der Waals surface area contributed by atoms with Crippen LogP contribution >= 0.6 is 0 Å². The van der Waals surface area contributed by atoms with E-state index in [1.807, 2.05) is 12.1 Å². The van der Waals surface area contributed by atoms with Gasteiger partial charge in [0, 0.05) is 23.9 Å². The molecule has 0 radical (unpaired) electrons. The highest BCUT2D eigenvalue weighted by molar-refractivity contribution is 5.81. The summed E-state index contributed by atoms with van der Waals surface area (Å²) in [4.78, 5) is 22.9. The van der Waals surface area contributed by atoms with Crippen LogP contribution in [0.5, 0.6) is 5.75 Å². The highest BCUT2D eigenvalue weighted by Crippen LogP contribution is 2.23. The molecule has 0 N–H and O–H groups in total. The number of ether oxygens (including phenoxy) is 2. The summed E-state index contributed by atoms with van der Waals surface area (Å²) in [5, 5.41) is 0.935. The Hall–Kier alpha value is -2.30. The number of esters is 1. The van der Waals surface area contributed by atoms with Gasteiger partial charge in [0.25, 0.3) is 0 Å². The molecule has 0 amide bonds. The second-order valence-electron chi connectivity index (χ2n) is 5.26. The zero-order valence-electron chi connectivity index (χ0n) is 13.6. The van der Waals surface area contributed by atoms with Gasteiger partial charge in [0.2, 0.25) is 0 Å². The molecule has 2 rings (SSSR count). The first-order chi connectivity index (χ1) is 11.1. The van der Waals surface area contributed by atoms with Crippen molar-refractivity contribution in [1.82, 2.24) is 0 Å². The van der Waals surface area contributed by atoms with Gasteiger partial charge < -0.3 is 13.9 Å². The van der Waals surface area contributed by atoms with Gasteiger partial charge >= 0.3 is 11.6 Å². The van der Waals surface area contributed by atoms with Crippen molar-refractivity contribution in [1.29, 1.82) is 0 Å². The maximum atomic E-state index is 11.6. The van der Waals surface area contributed by atoms with E-state index in [9.17, 15) is 9.59 Å². The molecule has 1 aromatic carbocycles. The normalized spacial score (nSPS) is 10.7. The van der Waals surface area contributed by atoms with Crippen molar-refractivity contribution >= 4 is 16.9 Å². The molecule has 5 heteroatoms. The van der Waals surface area contributed by atoms with Crippen molar-refractivity contribution in [2.24, 2.45) is 0 Å². The standard InChI is InChI=1S/C18H22O5/c1-3-6-13-11-18(20)23-16-12-14(8-9-15(13)16)22-10-5-7-17(19)21-4-2/h8-9,11-12H,3-7,10H2,1-2H3. The average Bonchev–Trinajstić information content (AvgIpc) is 2.51. The van der Waals surface area contributed by atoms with Gasteiger partial charge in [-0.2, -0.15) is 0 Å². The summed E-state index contributed by atoms with van der Waals surface area (Å²) in [5.74, 6) is 0.406. The molecule has 124 valence electrons. The molecule has 0 aliphatic rings. The summed E-state index contributed by atoms with van der Waals surface area (Å²) >= 11 is 0. The molecule has 0 saturated heterocycles. The lowest BCUT2D eigenvalue weighted by molar-refractivity contribution is -0.143. The fourth-order valence-corrected chi connectivity index (χ4v) is 2.42. The molecule has 5 nitrogen and oxygen atoms in total. The SMILES string of the molecule is CCCc1cc(=O)oc2cc(OCCCC(=O)OCC)ccc12. The average molecular weight is 318 g/mol. The molecule has 1 aromatic heterocycles. The summed E-state index contributed by atoms with van der Waals surface area (Å²) in [5.41, 5.74) is 1.18. The Morgan fingerprint density at radius 3 is 2.78 bits per heavy atom. The van der Waals surface area contributed by atoms with E-state index in [2.05, 4.69) is 6.92 Å². The van der Waals surface area contributed by atoms with Gasteiger partial charge in [0.1, 0.15) is 11.3 Å². The minimum atomic E-state index is -0.347. The number of carbonyl (C=O) groups excluding carboxylic acids is 1. The number of aryl methyl sites for hydroxylation is 1. The third-order valence-corrected chi connectivity index (χ3v) is 3.42. The Balaban J connectivity index is 2.03. The van der Waals surface area contributed by atoms with Crippen LogP contribution in [-0.2, 0) is 16.0 Å². The predicted octanol–water partition coefficient (Wildman–Crippen LogP) is 3.47. The largest absolute Gasteiger partial charge is 0.493 e. The van der Waals surface area contributed by atoms with Gasteiger partial charge in [-0.3, -0.25) is 4.79 Å². The molecule has 0 atom stereocenters. The highest BCUT2D eigenvalue weighted by Gasteiger charge is 2.07. The van der Waals surface area contributed by atoms with Crippen molar-refractivity contribution in [2.45, 2.75) is 39.5 Å². The molecule has 0 unspecified atom stereocenters. The number of fused-ring (bicyclic) bond motifs is 1. The smallest absolute Gasteiger partial charge is 0.336 e. The molecule has 0 fully saturated rings. The van der Waals surface area contributed by atoms with Crippen LogP contribution in [0.25, 0.3) is 11.0 Å². The van der Waals surface area contributed by atoms with Crippen LogP contribution in [0.2, 0.25) is 0 Å². The van der Waals surface area contributed by atoms with Crippen molar-refractivity contribution < 1.29 is 18.7 Å². The molecule has 0 spiro atoms. The number of carbonyl (C=O) groups is 1. The minimum absolute atomic E-state index is 0.218. The molecular formula is C18H22O5. The Morgan fingerprint density at radius 2 is 2.04 bits per heavy atom. The topological polar surface area (TPSA) is 65.7 Å². The lowest BCUT2D eigenvalue weighted by atomic mass is 10.1. The monoisotopic (exact) mass is 318 g/mol. The maximum absolute atomic E-state index is 11.6. The summed E-state index contributed by atoms with van der Waals surface area (Å²) < 4.78 is 15.7. The van der Waals surface area contributed by atoms with Crippen molar-refractivity contribution in [2.75, 3.05) is 13.2 Å². The summed E-state index contributed by atoms with van der Waals surface area (Å²) in [6, 6.07) is 7.03. The van der Waals surface area contributed by atoms with Gasteiger partial charge in [-0.1, -0.05) is 13.3 Å². The lowest BCUT2D eigenvalue weighted by Crippen LogP contribution is -2.07. The summed E-state index contributed by atoms with van der Waals surface area (Å²) in [6.07, 6.45) is 2.71. The Kier molecular flexibility index (Phi) is 6.20. The van der Waals surface area contributed by atoms with Gasteiger partial charge in [-0.25, -0.2) is 4.79 Å². The molecule has 0 aliphatic heterocycles. The van der Waals surface area contributed by atoms with E-state index in [4.69, 9.17) is 13.9 Å². The Morgan fingerprint density at radius 1 is 1.22 bits per heavy atom. The van der Waals surface area contributed by atoms with Gasteiger partial charge in [-0.15, -0.1) is 0 Å². The lowest BCUT2D eigenvalue weighted by Gasteiger charge is -2.08. The molecule has 0 bridgehead atoms. The molecule has 0 saturated carbocycles. The van der Waals surface area contributed by atoms with E-state index in [0.29, 0.717) is 37.4 Å². The molecule has 23 heavy (non-hydrogen) atoms. The molecular weight excluding hydrogens is 296 g/mol. The first kappa shape index (κ1) is 17.1. The van der Waals surface area contributed by atoms with E-state index in [1.165, 1.54) is 0 Å². The summed E-state index contributed by atoms with van der Waals surface area (Å²) in [7, 11) is 0. The first-order valence-corrected chi connectivity index (χ1v) is 7.99. The van der Waals surface area contributed by atoms with E-state index in [0.717, 1.165) is 23.8 Å². The van der Waals surface area contributed by atoms with Crippen LogP contribution in [0.1, 0.15) is 38.7 Å². The quantitative estimate of drug-likeness (QED) is 0.423. The van der Waals surface area contributed by atoms with Gasteiger partial charge in [-0.05, 0) is 37.5 Å². The Bertz CT molecular complexity index is 717. The Labute approximate surface area is 135 Å². The van der Waals surface area contributed by atoms with Crippen LogP contribution in [0.3, 0.4) is 0 Å². The third kappa shape index (κ3) is 4.84. The maximum Gasteiger partial charge on any atom is 0.336 e. The number of hydrogen-bond acceptors (Lipinski definition) is 5. The zero-order valence-corrected chi connectivity index (χ0v) is 13.6. The number of benzene rings is 1. The predicted molar refractivity (Wildman–Crippen MR) is 87.8 cm³/mol. The fraction of sp³-hybridized carbons (Fsp3) is 0.444. The van der Waals surface area contributed by atoms with Crippen LogP contribution < -0.4 is 10.4 Å². The van der Waals surface area contributed by atoms with Crippen LogP contribution in [0.15, 0.2) is 33.5 Å². The number of hydrogen-bond donors (Lipinski definition) is 0. The van der Waals surface area contributed by atoms with Crippen LogP contribution in [0.4, 0.5) is 0 Å². The molecule has 2 aromatic rings. The number of rotatable bonds is 8. The van der Waals surface area contributed by atoms with Crippen molar-refractivity contribution in [3.63, 3.8) is 0 Å². The second-order valence-corrected chi connectivity index (χ2v) is 5.26.